The van der Waals surface area contributed by atoms with Gasteiger partial charge in [-0.05, 0) is 43.9 Å². The highest BCUT2D eigenvalue weighted by Gasteiger charge is 2.36. The summed E-state index contributed by atoms with van der Waals surface area (Å²) >= 11 is 1.34. The topological polar surface area (TPSA) is 58.2 Å². The van der Waals surface area contributed by atoms with E-state index < -0.39 is 10.0 Å². The maximum absolute atomic E-state index is 12.2. The number of thiophene rings is 1. The summed E-state index contributed by atoms with van der Waals surface area (Å²) < 4.78 is 27.7. The predicted molar refractivity (Wildman–Crippen MR) is 78.8 cm³/mol. The zero-order chi connectivity index (χ0) is 13.9. The van der Waals surface area contributed by atoms with E-state index in [4.69, 9.17) is 0 Å². The molecule has 0 unspecified atom stereocenters. The Morgan fingerprint density at radius 2 is 2.11 bits per heavy atom. The standard InChI is InChI=1S/C13H22N2O2S2/c1-3-13(7-4-8-13)10-15-19(16,17)12-6-5-11(18-12)9-14-2/h5-6,14-15H,3-4,7-10H2,1-2H3. The molecule has 1 aromatic heterocycles. The summed E-state index contributed by atoms with van der Waals surface area (Å²) in [5.74, 6) is 0. The summed E-state index contributed by atoms with van der Waals surface area (Å²) in [6.45, 7) is 3.42. The average molecular weight is 302 g/mol. The molecule has 1 fully saturated rings. The molecule has 19 heavy (non-hydrogen) atoms. The molecule has 0 spiro atoms. The van der Waals surface area contributed by atoms with E-state index in [0.717, 1.165) is 24.1 Å². The Morgan fingerprint density at radius 3 is 2.63 bits per heavy atom. The third-order valence-electron chi connectivity index (χ3n) is 4.05. The van der Waals surface area contributed by atoms with Crippen molar-refractivity contribution in [2.45, 2.75) is 43.4 Å². The minimum atomic E-state index is -3.34. The van der Waals surface area contributed by atoms with Crippen molar-refractivity contribution in [1.29, 1.82) is 0 Å². The monoisotopic (exact) mass is 302 g/mol. The number of hydrogen-bond acceptors (Lipinski definition) is 4. The first-order chi connectivity index (χ1) is 9.01. The summed E-state index contributed by atoms with van der Waals surface area (Å²) in [6, 6.07) is 3.56. The number of sulfonamides is 1. The van der Waals surface area contributed by atoms with Crippen LogP contribution in [0.25, 0.3) is 0 Å². The van der Waals surface area contributed by atoms with Gasteiger partial charge in [-0.3, -0.25) is 0 Å². The molecule has 0 amide bonds. The fourth-order valence-corrected chi connectivity index (χ4v) is 4.99. The molecule has 1 heterocycles. The second-order valence-electron chi connectivity index (χ2n) is 5.28. The Balaban J connectivity index is 2.01. The van der Waals surface area contributed by atoms with Crippen LogP contribution >= 0.6 is 11.3 Å². The molecule has 1 aliphatic rings. The van der Waals surface area contributed by atoms with Crippen molar-refractivity contribution in [1.82, 2.24) is 10.0 Å². The minimum Gasteiger partial charge on any atom is -0.315 e. The highest BCUT2D eigenvalue weighted by atomic mass is 32.2. The second-order valence-corrected chi connectivity index (χ2v) is 8.44. The lowest BCUT2D eigenvalue weighted by Crippen LogP contribution is -2.41. The molecule has 1 aliphatic carbocycles. The van der Waals surface area contributed by atoms with Crippen LogP contribution in [0.2, 0.25) is 0 Å². The number of rotatable bonds is 7. The fraction of sp³-hybridized carbons (Fsp3) is 0.692. The van der Waals surface area contributed by atoms with Crippen LogP contribution in [0.5, 0.6) is 0 Å². The van der Waals surface area contributed by atoms with Crippen molar-refractivity contribution >= 4 is 21.4 Å². The third-order valence-corrected chi connectivity index (χ3v) is 7.03. The molecule has 2 rings (SSSR count). The molecule has 0 bridgehead atoms. The first-order valence-corrected chi connectivity index (χ1v) is 9.04. The molecule has 0 saturated heterocycles. The fourth-order valence-electron chi connectivity index (χ4n) is 2.42. The molecule has 0 aromatic carbocycles. The van der Waals surface area contributed by atoms with E-state index in [1.807, 2.05) is 13.1 Å². The second kappa shape index (κ2) is 5.91. The van der Waals surface area contributed by atoms with Crippen LogP contribution in [0.15, 0.2) is 16.3 Å². The molecule has 108 valence electrons. The lowest BCUT2D eigenvalue weighted by Gasteiger charge is -2.41. The third kappa shape index (κ3) is 3.37. The van der Waals surface area contributed by atoms with Gasteiger partial charge in [-0.1, -0.05) is 13.3 Å². The molecule has 6 heteroatoms. The Bertz CT molecular complexity index is 513. The molecule has 4 nitrogen and oxygen atoms in total. The van der Waals surface area contributed by atoms with E-state index in [-0.39, 0.29) is 5.41 Å². The molecular weight excluding hydrogens is 280 g/mol. The maximum atomic E-state index is 12.2. The van der Waals surface area contributed by atoms with Crippen molar-refractivity contribution in [2.75, 3.05) is 13.6 Å². The zero-order valence-electron chi connectivity index (χ0n) is 11.5. The first kappa shape index (κ1) is 15.0. The van der Waals surface area contributed by atoms with Crippen molar-refractivity contribution in [2.24, 2.45) is 5.41 Å². The molecule has 2 N–H and O–H groups in total. The highest BCUT2D eigenvalue weighted by molar-refractivity contribution is 7.91. The Labute approximate surface area is 119 Å². The quantitative estimate of drug-likeness (QED) is 0.813. The molecule has 0 aliphatic heterocycles. The summed E-state index contributed by atoms with van der Waals surface area (Å²) in [6.07, 6.45) is 4.55. The van der Waals surface area contributed by atoms with E-state index in [0.29, 0.717) is 17.3 Å². The van der Waals surface area contributed by atoms with Crippen LogP contribution in [0.4, 0.5) is 0 Å². The number of hydrogen-bond donors (Lipinski definition) is 2. The van der Waals surface area contributed by atoms with Gasteiger partial charge in [0.05, 0.1) is 0 Å². The van der Waals surface area contributed by atoms with Crippen molar-refractivity contribution in [3.05, 3.63) is 17.0 Å². The van der Waals surface area contributed by atoms with E-state index >= 15 is 0 Å². The van der Waals surface area contributed by atoms with Gasteiger partial charge in [0.25, 0.3) is 0 Å². The van der Waals surface area contributed by atoms with Crippen LogP contribution in [0, 0.1) is 5.41 Å². The zero-order valence-corrected chi connectivity index (χ0v) is 13.2. The van der Waals surface area contributed by atoms with Crippen LogP contribution in [-0.2, 0) is 16.6 Å². The first-order valence-electron chi connectivity index (χ1n) is 6.74. The SMILES string of the molecule is CCC1(CNS(=O)(=O)c2ccc(CNC)s2)CCC1. The largest absolute Gasteiger partial charge is 0.315 e. The Hall–Kier alpha value is -0.430. The summed E-state index contributed by atoms with van der Waals surface area (Å²) in [5.41, 5.74) is 0.206. The summed E-state index contributed by atoms with van der Waals surface area (Å²) in [4.78, 5) is 1.04. The van der Waals surface area contributed by atoms with Crippen molar-refractivity contribution in [3.8, 4) is 0 Å². The van der Waals surface area contributed by atoms with Crippen LogP contribution in [0.1, 0.15) is 37.5 Å². The molecular formula is C13H22N2O2S2. The van der Waals surface area contributed by atoms with E-state index in [2.05, 4.69) is 17.0 Å². The Kier molecular flexibility index (Phi) is 4.66. The average Bonchev–Trinajstić information content (AvgIpc) is 2.78. The van der Waals surface area contributed by atoms with Gasteiger partial charge in [0, 0.05) is 18.0 Å². The van der Waals surface area contributed by atoms with E-state index in [1.54, 1.807) is 6.07 Å². The van der Waals surface area contributed by atoms with Gasteiger partial charge < -0.3 is 5.32 Å². The van der Waals surface area contributed by atoms with Crippen LogP contribution in [0.3, 0.4) is 0 Å². The maximum Gasteiger partial charge on any atom is 0.250 e. The summed E-state index contributed by atoms with van der Waals surface area (Å²) in [5, 5.41) is 3.03. The van der Waals surface area contributed by atoms with Gasteiger partial charge in [0.1, 0.15) is 4.21 Å². The normalized spacial score (nSPS) is 18.2. The van der Waals surface area contributed by atoms with Crippen molar-refractivity contribution in [3.63, 3.8) is 0 Å². The van der Waals surface area contributed by atoms with Gasteiger partial charge in [-0.2, -0.15) is 0 Å². The summed E-state index contributed by atoms with van der Waals surface area (Å²) in [7, 11) is -1.48. The number of nitrogens with one attached hydrogen (secondary N) is 2. The van der Waals surface area contributed by atoms with Gasteiger partial charge in [-0.25, -0.2) is 13.1 Å². The molecule has 0 radical (unpaired) electrons. The van der Waals surface area contributed by atoms with Crippen molar-refractivity contribution < 1.29 is 8.42 Å². The Morgan fingerprint density at radius 1 is 1.37 bits per heavy atom. The van der Waals surface area contributed by atoms with E-state index in [9.17, 15) is 8.42 Å². The predicted octanol–water partition coefficient (Wildman–Crippen LogP) is 2.33. The van der Waals surface area contributed by atoms with Gasteiger partial charge in [0.2, 0.25) is 10.0 Å². The molecule has 1 aromatic rings. The smallest absolute Gasteiger partial charge is 0.250 e. The molecule has 0 atom stereocenters. The lowest BCUT2D eigenvalue weighted by molar-refractivity contribution is 0.133. The van der Waals surface area contributed by atoms with Gasteiger partial charge >= 0.3 is 0 Å². The van der Waals surface area contributed by atoms with E-state index in [1.165, 1.54) is 17.8 Å². The highest BCUT2D eigenvalue weighted by Crippen LogP contribution is 2.43. The van der Waals surface area contributed by atoms with Crippen LogP contribution < -0.4 is 10.0 Å². The lowest BCUT2D eigenvalue weighted by atomic mass is 9.67. The van der Waals surface area contributed by atoms with Gasteiger partial charge in [-0.15, -0.1) is 11.3 Å². The molecule has 1 saturated carbocycles. The minimum absolute atomic E-state index is 0.206. The van der Waals surface area contributed by atoms with Crippen LogP contribution in [-0.4, -0.2) is 22.0 Å². The van der Waals surface area contributed by atoms with Gasteiger partial charge in [0.15, 0.2) is 0 Å².